The van der Waals surface area contributed by atoms with Crippen molar-refractivity contribution in [3.8, 4) is 12.3 Å². The Morgan fingerprint density at radius 2 is 2.22 bits per heavy atom. The monoisotopic (exact) mass is 450 g/mol. The van der Waals surface area contributed by atoms with E-state index in [1.807, 2.05) is 6.08 Å². The van der Waals surface area contributed by atoms with Crippen LogP contribution in [0.5, 0.6) is 0 Å². The van der Waals surface area contributed by atoms with E-state index in [-0.39, 0.29) is 33.9 Å². The van der Waals surface area contributed by atoms with Gasteiger partial charge < -0.3 is 14.6 Å². The van der Waals surface area contributed by atoms with E-state index in [0.717, 1.165) is 12.8 Å². The maximum atomic E-state index is 11.3. The van der Waals surface area contributed by atoms with E-state index in [4.69, 9.17) is 15.9 Å². The highest BCUT2D eigenvalue weighted by molar-refractivity contribution is 9.09. The van der Waals surface area contributed by atoms with E-state index in [1.54, 1.807) is 0 Å². The lowest BCUT2D eigenvalue weighted by Crippen LogP contribution is -2.33. The van der Waals surface area contributed by atoms with Gasteiger partial charge in [0.05, 0.1) is 18.3 Å². The van der Waals surface area contributed by atoms with Crippen LogP contribution >= 0.6 is 31.9 Å². The van der Waals surface area contributed by atoms with Gasteiger partial charge in [-0.15, -0.1) is 6.42 Å². The average molecular weight is 452 g/mol. The summed E-state index contributed by atoms with van der Waals surface area (Å²) in [6.45, 7) is 3.44. The van der Waals surface area contributed by atoms with Crippen molar-refractivity contribution in [1.29, 1.82) is 0 Å². The molecular weight excluding hydrogens is 428 g/mol. The Morgan fingerprint density at radius 1 is 1.52 bits per heavy atom. The number of carbonyl (C=O) groups is 1. The molecule has 1 saturated heterocycles. The number of hydrogen-bond donors (Lipinski definition) is 1. The van der Waals surface area contributed by atoms with E-state index in [2.05, 4.69) is 50.8 Å². The summed E-state index contributed by atoms with van der Waals surface area (Å²) >= 11 is 6.88. The van der Waals surface area contributed by atoms with Crippen LogP contribution in [0.1, 0.15) is 39.5 Å². The second-order valence-electron chi connectivity index (χ2n) is 5.60. The fourth-order valence-electron chi connectivity index (χ4n) is 2.52. The van der Waals surface area contributed by atoms with Crippen LogP contribution in [-0.4, -0.2) is 45.1 Å². The largest absolute Gasteiger partial charge is 0.460 e. The molecule has 1 fully saturated rings. The minimum absolute atomic E-state index is 0.0710. The van der Waals surface area contributed by atoms with Gasteiger partial charge in [0.2, 0.25) is 0 Å². The lowest BCUT2D eigenvalue weighted by atomic mass is 10.0. The zero-order valence-electron chi connectivity index (χ0n) is 13.5. The van der Waals surface area contributed by atoms with Crippen LogP contribution in [-0.2, 0) is 14.3 Å². The summed E-state index contributed by atoms with van der Waals surface area (Å²) in [5, 5.41) is 10.4. The minimum atomic E-state index is -0.599. The fraction of sp³-hybridized carbons (Fsp3) is 0.706. The molecule has 6 unspecified atom stereocenters. The molecule has 0 bridgehead atoms. The van der Waals surface area contributed by atoms with Crippen molar-refractivity contribution < 1.29 is 19.4 Å². The molecule has 1 rings (SSSR count). The van der Waals surface area contributed by atoms with Crippen LogP contribution in [0.3, 0.4) is 0 Å². The maximum absolute atomic E-state index is 11.3. The van der Waals surface area contributed by atoms with Crippen molar-refractivity contribution in [2.75, 3.05) is 0 Å². The summed E-state index contributed by atoms with van der Waals surface area (Å²) in [5.41, 5.74) is 0. The molecule has 0 aromatic carbocycles. The topological polar surface area (TPSA) is 55.8 Å². The molecule has 0 saturated carbocycles. The molecule has 0 aliphatic carbocycles. The molecule has 1 heterocycles. The van der Waals surface area contributed by atoms with Crippen LogP contribution in [0.4, 0.5) is 0 Å². The van der Waals surface area contributed by atoms with Crippen molar-refractivity contribution in [3.63, 3.8) is 0 Å². The van der Waals surface area contributed by atoms with Crippen LogP contribution < -0.4 is 0 Å². The smallest absolute Gasteiger partial charge is 0.302 e. The number of aliphatic hydroxyl groups is 1. The normalized spacial score (nSPS) is 28.3. The molecule has 6 heteroatoms. The van der Waals surface area contributed by atoms with Gasteiger partial charge in [0.25, 0.3) is 0 Å². The van der Waals surface area contributed by atoms with Crippen LogP contribution in [0.25, 0.3) is 0 Å². The van der Waals surface area contributed by atoms with Gasteiger partial charge in [-0.25, -0.2) is 0 Å². The maximum Gasteiger partial charge on any atom is 0.302 e. The van der Waals surface area contributed by atoms with Crippen molar-refractivity contribution in [3.05, 3.63) is 12.2 Å². The standard InChI is InChI=1S/C17H24Br2O4/c1-4-6-7-8-13(19)14(21)9-16-17(22-11(3)20)10-15(23-16)12(18)5-2/h2,6-7,12-17,21H,4,8-10H2,1,3H3. The van der Waals surface area contributed by atoms with Gasteiger partial charge in [-0.1, -0.05) is 56.9 Å². The van der Waals surface area contributed by atoms with Crippen molar-refractivity contribution in [2.45, 2.75) is 73.6 Å². The number of esters is 1. The first-order valence-electron chi connectivity index (χ1n) is 7.79. The number of carbonyl (C=O) groups excluding carboxylic acids is 1. The molecule has 0 radical (unpaired) electrons. The highest BCUT2D eigenvalue weighted by Crippen LogP contribution is 2.32. The predicted octanol–water partition coefficient (Wildman–Crippen LogP) is 3.34. The summed E-state index contributed by atoms with van der Waals surface area (Å²) in [4.78, 5) is 11.0. The van der Waals surface area contributed by atoms with E-state index >= 15 is 0 Å². The third-order valence-electron chi connectivity index (χ3n) is 3.69. The second-order valence-corrected chi connectivity index (χ2v) is 7.76. The van der Waals surface area contributed by atoms with Gasteiger partial charge in [0.15, 0.2) is 0 Å². The zero-order chi connectivity index (χ0) is 17.4. The summed E-state index contributed by atoms with van der Waals surface area (Å²) in [7, 11) is 0. The molecule has 1 aliphatic heterocycles. The Bertz CT molecular complexity index is 446. The summed E-state index contributed by atoms with van der Waals surface area (Å²) in [6.07, 6.45) is 10.6. The highest BCUT2D eigenvalue weighted by Gasteiger charge is 2.41. The van der Waals surface area contributed by atoms with E-state index in [9.17, 15) is 9.90 Å². The fourth-order valence-corrected chi connectivity index (χ4v) is 3.30. The van der Waals surface area contributed by atoms with E-state index < -0.39 is 6.10 Å². The summed E-state index contributed by atoms with van der Waals surface area (Å²) < 4.78 is 11.2. The average Bonchev–Trinajstić information content (AvgIpc) is 2.88. The molecule has 0 amide bonds. The van der Waals surface area contributed by atoms with Gasteiger partial charge in [0, 0.05) is 24.6 Å². The Morgan fingerprint density at radius 3 is 2.78 bits per heavy atom. The first-order valence-corrected chi connectivity index (χ1v) is 9.62. The molecule has 23 heavy (non-hydrogen) atoms. The summed E-state index contributed by atoms with van der Waals surface area (Å²) in [6, 6.07) is 0. The van der Waals surface area contributed by atoms with Gasteiger partial charge in [0.1, 0.15) is 10.9 Å². The zero-order valence-corrected chi connectivity index (χ0v) is 16.6. The molecule has 1 N–H and O–H groups in total. The van der Waals surface area contributed by atoms with Gasteiger partial charge in [-0.3, -0.25) is 4.79 Å². The van der Waals surface area contributed by atoms with Crippen LogP contribution in [0, 0.1) is 12.3 Å². The minimum Gasteiger partial charge on any atom is -0.460 e. The van der Waals surface area contributed by atoms with Gasteiger partial charge in [-0.2, -0.15) is 0 Å². The Hall–Kier alpha value is -0.350. The molecule has 1 aliphatic rings. The second kappa shape index (κ2) is 10.5. The molecule has 6 atom stereocenters. The number of halogens is 2. The Balaban J connectivity index is 2.64. The van der Waals surface area contributed by atoms with Crippen LogP contribution in [0.15, 0.2) is 12.2 Å². The van der Waals surface area contributed by atoms with Crippen LogP contribution in [0.2, 0.25) is 0 Å². The quantitative estimate of drug-likeness (QED) is 0.266. The predicted molar refractivity (Wildman–Crippen MR) is 97.8 cm³/mol. The Labute approximate surface area is 155 Å². The molecular formula is C17H24Br2O4. The highest BCUT2D eigenvalue weighted by atomic mass is 79.9. The van der Waals surface area contributed by atoms with Crippen molar-refractivity contribution in [2.24, 2.45) is 0 Å². The molecule has 0 aromatic rings. The number of hydrogen-bond acceptors (Lipinski definition) is 4. The summed E-state index contributed by atoms with van der Waals surface area (Å²) in [5.74, 6) is 2.23. The van der Waals surface area contributed by atoms with E-state index in [0.29, 0.717) is 12.8 Å². The van der Waals surface area contributed by atoms with Gasteiger partial charge in [-0.05, 0) is 12.8 Å². The number of terminal acetylenes is 1. The van der Waals surface area contributed by atoms with E-state index in [1.165, 1.54) is 6.92 Å². The molecule has 0 aromatic heterocycles. The first-order chi connectivity index (χ1) is 10.9. The lowest BCUT2D eigenvalue weighted by molar-refractivity contribution is -0.149. The lowest BCUT2D eigenvalue weighted by Gasteiger charge is -2.23. The molecule has 0 spiro atoms. The number of alkyl halides is 2. The number of aliphatic hydroxyl groups excluding tert-OH is 1. The molecule has 130 valence electrons. The number of allylic oxidation sites excluding steroid dienone is 2. The third-order valence-corrected chi connectivity index (χ3v) is 5.52. The van der Waals surface area contributed by atoms with Crippen molar-refractivity contribution in [1.82, 2.24) is 0 Å². The van der Waals surface area contributed by atoms with Crippen molar-refractivity contribution >= 4 is 37.8 Å². The number of rotatable bonds is 8. The SMILES string of the molecule is C#CC(Br)C1CC(OC(C)=O)C(CC(O)C(Br)CC=CCC)O1. The Kier molecular flexibility index (Phi) is 9.45. The number of ether oxygens (including phenoxy) is 2. The first kappa shape index (κ1) is 20.7. The third kappa shape index (κ3) is 6.96. The van der Waals surface area contributed by atoms with Gasteiger partial charge >= 0.3 is 5.97 Å². The molecule has 4 nitrogen and oxygen atoms in total.